The lowest BCUT2D eigenvalue weighted by Gasteiger charge is -2.15. The molecule has 0 fully saturated rings. The normalized spacial score (nSPS) is 18.1. The molecule has 0 amide bonds. The molecular weight excluding hydrogens is 464 g/mol. The second-order valence-corrected chi connectivity index (χ2v) is 10.3. The van der Waals surface area contributed by atoms with Crippen LogP contribution in [0.3, 0.4) is 0 Å². The number of aromatic hydroxyl groups is 1. The number of hydrogen-bond donors (Lipinski definition) is 1. The second kappa shape index (κ2) is 8.54. The molecule has 5 heteroatoms. The van der Waals surface area contributed by atoms with Crippen molar-refractivity contribution < 1.29 is 9.84 Å². The van der Waals surface area contributed by atoms with E-state index in [0.29, 0.717) is 22.4 Å². The summed E-state index contributed by atoms with van der Waals surface area (Å²) in [6.07, 6.45) is 0.980. The number of hydrogen-bond acceptors (Lipinski definition) is 5. The molecule has 0 saturated heterocycles. The number of para-hydroxylation sites is 1. The van der Waals surface area contributed by atoms with Crippen molar-refractivity contribution in [1.29, 1.82) is 0 Å². The van der Waals surface area contributed by atoms with E-state index in [2.05, 4.69) is 59.6 Å². The quantitative estimate of drug-likeness (QED) is 0.286. The number of rotatable bonds is 3. The average molecular weight is 487 g/mol. The molecule has 1 aliphatic heterocycles. The minimum Gasteiger partial charge on any atom is -0.506 e. The summed E-state index contributed by atoms with van der Waals surface area (Å²) in [5, 5.41) is 12.4. The zero-order chi connectivity index (χ0) is 24.1. The van der Waals surface area contributed by atoms with E-state index in [1.54, 1.807) is 12.1 Å². The van der Waals surface area contributed by atoms with Gasteiger partial charge >= 0.3 is 0 Å². The Morgan fingerprint density at radius 1 is 0.806 bits per heavy atom. The number of thioether (sulfide) groups is 1. The number of phenols is 1. The number of aliphatic imine (C=N–C) groups is 1. The van der Waals surface area contributed by atoms with Gasteiger partial charge in [-0.05, 0) is 52.9 Å². The largest absolute Gasteiger partial charge is 0.506 e. The third-order valence-electron chi connectivity index (χ3n) is 6.86. The summed E-state index contributed by atoms with van der Waals surface area (Å²) < 4.78 is 6.10. The average Bonchev–Trinajstić information content (AvgIpc) is 3.28. The van der Waals surface area contributed by atoms with Crippen molar-refractivity contribution in [3.05, 3.63) is 120 Å². The molecule has 4 aromatic carbocycles. The van der Waals surface area contributed by atoms with Gasteiger partial charge in [0.25, 0.3) is 0 Å². The molecule has 2 atom stereocenters. The summed E-state index contributed by atoms with van der Waals surface area (Å²) in [6.45, 7) is 0. The second-order valence-electron chi connectivity index (χ2n) is 9.11. The van der Waals surface area contributed by atoms with Gasteiger partial charge in [-0.2, -0.15) is 0 Å². The topological polar surface area (TPSA) is 54.7 Å². The van der Waals surface area contributed by atoms with Crippen LogP contribution in [-0.2, 0) is 6.42 Å². The molecule has 0 bridgehead atoms. The SMILES string of the molecule is Oc1cccc2ccc(Oc3cccc(C4=N[C@H]5c6ccccc6-c6ccccc6C[C@H]5S4)c3)nc12. The van der Waals surface area contributed by atoms with E-state index in [-0.39, 0.29) is 11.8 Å². The smallest absolute Gasteiger partial charge is 0.219 e. The summed E-state index contributed by atoms with van der Waals surface area (Å²) in [5.74, 6) is 1.28. The van der Waals surface area contributed by atoms with Gasteiger partial charge in [0.15, 0.2) is 0 Å². The molecule has 2 heterocycles. The lowest BCUT2D eigenvalue weighted by Crippen LogP contribution is -2.11. The Morgan fingerprint density at radius 2 is 1.64 bits per heavy atom. The summed E-state index contributed by atoms with van der Waals surface area (Å²) in [4.78, 5) is 9.75. The monoisotopic (exact) mass is 486 g/mol. The molecule has 5 aromatic rings. The van der Waals surface area contributed by atoms with E-state index in [1.165, 1.54) is 22.3 Å². The highest BCUT2D eigenvalue weighted by Gasteiger charge is 2.36. The number of benzene rings is 4. The van der Waals surface area contributed by atoms with Crippen molar-refractivity contribution in [2.45, 2.75) is 17.7 Å². The highest BCUT2D eigenvalue weighted by molar-refractivity contribution is 8.15. The molecule has 36 heavy (non-hydrogen) atoms. The van der Waals surface area contributed by atoms with Gasteiger partial charge in [0.1, 0.15) is 17.0 Å². The lowest BCUT2D eigenvalue weighted by molar-refractivity contribution is 0.460. The first-order valence-electron chi connectivity index (χ1n) is 12.0. The van der Waals surface area contributed by atoms with Gasteiger partial charge in [0.2, 0.25) is 5.88 Å². The van der Waals surface area contributed by atoms with Gasteiger partial charge in [0.05, 0.1) is 11.1 Å². The third-order valence-corrected chi connectivity index (χ3v) is 8.15. The maximum Gasteiger partial charge on any atom is 0.219 e. The molecule has 0 saturated carbocycles. The predicted octanol–water partition coefficient (Wildman–Crippen LogP) is 7.56. The highest BCUT2D eigenvalue weighted by atomic mass is 32.2. The van der Waals surface area contributed by atoms with Crippen LogP contribution in [0, 0.1) is 0 Å². The molecule has 174 valence electrons. The molecule has 1 aliphatic carbocycles. The van der Waals surface area contributed by atoms with Crippen molar-refractivity contribution in [1.82, 2.24) is 4.98 Å². The van der Waals surface area contributed by atoms with Crippen molar-refractivity contribution in [3.63, 3.8) is 0 Å². The van der Waals surface area contributed by atoms with Crippen LogP contribution in [0.15, 0.2) is 108 Å². The Morgan fingerprint density at radius 3 is 2.58 bits per heavy atom. The van der Waals surface area contributed by atoms with Crippen LogP contribution in [0.1, 0.15) is 22.7 Å². The van der Waals surface area contributed by atoms with Gasteiger partial charge in [-0.3, -0.25) is 4.99 Å². The van der Waals surface area contributed by atoms with Crippen molar-refractivity contribution in [2.24, 2.45) is 4.99 Å². The number of ether oxygens (including phenoxy) is 1. The van der Waals surface area contributed by atoms with Gasteiger partial charge in [-0.15, -0.1) is 0 Å². The fourth-order valence-corrected chi connectivity index (χ4v) is 6.50. The molecule has 0 spiro atoms. The minimum absolute atomic E-state index is 0.114. The number of aromatic nitrogens is 1. The van der Waals surface area contributed by atoms with E-state index in [4.69, 9.17) is 9.73 Å². The zero-order valence-electron chi connectivity index (χ0n) is 19.3. The van der Waals surface area contributed by atoms with Crippen molar-refractivity contribution >= 4 is 27.7 Å². The molecule has 7 rings (SSSR count). The molecular formula is C31H22N2O2S. The van der Waals surface area contributed by atoms with Crippen LogP contribution in [0.4, 0.5) is 0 Å². The molecule has 0 unspecified atom stereocenters. The van der Waals surface area contributed by atoms with Crippen molar-refractivity contribution in [3.8, 4) is 28.5 Å². The fourth-order valence-electron chi connectivity index (χ4n) is 5.18. The molecule has 1 aromatic heterocycles. The fraction of sp³-hybridized carbons (Fsp3) is 0.0968. The molecule has 0 radical (unpaired) electrons. The maximum absolute atomic E-state index is 10.2. The van der Waals surface area contributed by atoms with Crippen molar-refractivity contribution in [2.75, 3.05) is 0 Å². The van der Waals surface area contributed by atoms with Gasteiger partial charge < -0.3 is 9.84 Å². The lowest BCUT2D eigenvalue weighted by atomic mass is 9.95. The molecule has 2 aliphatic rings. The Labute approximate surface area is 213 Å². The molecule has 4 nitrogen and oxygen atoms in total. The van der Waals surface area contributed by atoms with E-state index in [9.17, 15) is 5.11 Å². The predicted molar refractivity (Wildman–Crippen MR) is 146 cm³/mol. The Kier molecular flexibility index (Phi) is 5.03. The van der Waals surface area contributed by atoms with Gasteiger partial charge in [0, 0.05) is 22.3 Å². The van der Waals surface area contributed by atoms with Crippen LogP contribution in [-0.4, -0.2) is 20.4 Å². The van der Waals surface area contributed by atoms with Crippen LogP contribution in [0.5, 0.6) is 17.4 Å². The standard InChI is InChI=1S/C31H22N2O2S/c34-26-14-6-8-19-15-16-28(32-29(19)26)35-22-10-5-9-21(17-22)31-33-30-25-13-4-3-12-24(25)23-11-2-1-7-20(23)18-27(30)36-31/h1-17,27,30,34H,18H2/t27-,30+/m1/s1. The van der Waals surface area contributed by atoms with E-state index >= 15 is 0 Å². The third kappa shape index (κ3) is 3.64. The Balaban J connectivity index is 1.22. The minimum atomic E-state index is 0.114. The van der Waals surface area contributed by atoms with Gasteiger partial charge in [-0.25, -0.2) is 4.98 Å². The van der Waals surface area contributed by atoms with Gasteiger partial charge in [-0.1, -0.05) is 84.6 Å². The first kappa shape index (κ1) is 21.2. The van der Waals surface area contributed by atoms with E-state index < -0.39 is 0 Å². The van der Waals surface area contributed by atoms with Crippen LogP contribution in [0.25, 0.3) is 22.0 Å². The Bertz CT molecular complexity index is 1660. The number of nitrogens with zero attached hydrogens (tertiary/aromatic N) is 2. The maximum atomic E-state index is 10.2. The zero-order valence-corrected chi connectivity index (χ0v) is 20.2. The molecule has 1 N–H and O–H groups in total. The number of pyridine rings is 1. The van der Waals surface area contributed by atoms with E-state index in [0.717, 1.165) is 22.4 Å². The summed E-state index contributed by atoms with van der Waals surface area (Å²) in [7, 11) is 0. The number of fused-ring (bicyclic) bond motifs is 6. The van der Waals surface area contributed by atoms with Crippen LogP contribution in [0.2, 0.25) is 0 Å². The van der Waals surface area contributed by atoms with E-state index in [1.807, 2.05) is 48.2 Å². The van der Waals surface area contributed by atoms with Crippen LogP contribution < -0.4 is 4.74 Å². The summed E-state index contributed by atoms with van der Waals surface area (Å²) in [5.41, 5.74) is 6.85. The highest BCUT2D eigenvalue weighted by Crippen LogP contribution is 2.48. The van der Waals surface area contributed by atoms with Crippen LogP contribution >= 0.6 is 11.8 Å². The summed E-state index contributed by atoms with van der Waals surface area (Å²) in [6, 6.07) is 34.6. The summed E-state index contributed by atoms with van der Waals surface area (Å²) >= 11 is 1.85. The first-order valence-corrected chi connectivity index (χ1v) is 12.9. The Hall–Kier alpha value is -4.09. The number of phenolic OH excluding ortho intramolecular Hbond substituents is 1. The first-order chi connectivity index (χ1) is 17.7.